The second kappa shape index (κ2) is 8.01. The minimum Gasteiger partial charge on any atom is -0.436 e. The number of aromatic nitrogens is 1. The van der Waals surface area contributed by atoms with E-state index in [9.17, 15) is 0 Å². The molecule has 0 aliphatic carbocycles. The summed E-state index contributed by atoms with van der Waals surface area (Å²) in [5.41, 5.74) is 5.31. The van der Waals surface area contributed by atoms with Crippen molar-refractivity contribution in [1.29, 1.82) is 0 Å². The van der Waals surface area contributed by atoms with Crippen molar-refractivity contribution in [2.24, 2.45) is 4.99 Å². The lowest BCUT2D eigenvalue weighted by Crippen LogP contribution is -1.78. The van der Waals surface area contributed by atoms with E-state index >= 15 is 0 Å². The highest BCUT2D eigenvalue weighted by molar-refractivity contribution is 6.35. The van der Waals surface area contributed by atoms with Crippen LogP contribution in [-0.4, -0.2) is 11.2 Å². The van der Waals surface area contributed by atoms with Crippen molar-refractivity contribution >= 4 is 52.3 Å². The fourth-order valence-corrected chi connectivity index (χ4v) is 3.28. The first-order valence-corrected chi connectivity index (χ1v) is 9.47. The van der Waals surface area contributed by atoms with Crippen LogP contribution in [0.1, 0.15) is 11.1 Å². The molecule has 0 N–H and O–H groups in total. The van der Waals surface area contributed by atoms with Crippen molar-refractivity contribution in [3.63, 3.8) is 0 Å². The van der Waals surface area contributed by atoms with Gasteiger partial charge in [0, 0.05) is 21.8 Å². The van der Waals surface area contributed by atoms with E-state index in [1.807, 2.05) is 61.5 Å². The van der Waals surface area contributed by atoms with Gasteiger partial charge in [-0.1, -0.05) is 53.0 Å². The van der Waals surface area contributed by atoms with Crippen LogP contribution in [0.4, 0.5) is 5.69 Å². The fourth-order valence-electron chi connectivity index (χ4n) is 2.81. The highest BCUT2D eigenvalue weighted by Crippen LogP contribution is 2.27. The minimum absolute atomic E-state index is 0.602. The van der Waals surface area contributed by atoms with Gasteiger partial charge in [0.2, 0.25) is 5.89 Å². The molecule has 4 rings (SSSR count). The molecule has 0 saturated carbocycles. The van der Waals surface area contributed by atoms with Crippen molar-refractivity contribution in [2.75, 3.05) is 0 Å². The first-order chi connectivity index (χ1) is 13.6. The largest absolute Gasteiger partial charge is 0.436 e. The third-order valence-corrected chi connectivity index (χ3v) is 4.75. The molecular weight excluding hydrogens is 391 g/mol. The van der Waals surface area contributed by atoms with Crippen molar-refractivity contribution in [2.45, 2.75) is 6.92 Å². The van der Waals surface area contributed by atoms with Crippen molar-refractivity contribution in [3.05, 3.63) is 87.9 Å². The molecule has 1 aromatic heterocycles. The fraction of sp³-hybridized carbons (Fsp3) is 0.0435. The third-order valence-electron chi connectivity index (χ3n) is 4.18. The molecule has 0 aliphatic heterocycles. The molecule has 138 valence electrons. The average Bonchev–Trinajstić information content (AvgIpc) is 3.10. The molecule has 0 saturated heterocycles. The number of hydrogen-bond donors (Lipinski definition) is 0. The Hall–Kier alpha value is -2.88. The van der Waals surface area contributed by atoms with Gasteiger partial charge in [-0.15, -0.1) is 0 Å². The predicted octanol–water partition coefficient (Wildman–Crippen LogP) is 7.53. The van der Waals surface area contributed by atoms with E-state index in [0.29, 0.717) is 15.9 Å². The monoisotopic (exact) mass is 406 g/mol. The van der Waals surface area contributed by atoms with E-state index in [2.05, 4.69) is 16.0 Å². The molecule has 0 aliphatic rings. The maximum absolute atomic E-state index is 6.15. The van der Waals surface area contributed by atoms with E-state index in [4.69, 9.17) is 27.6 Å². The quantitative estimate of drug-likeness (QED) is 0.328. The zero-order valence-electron chi connectivity index (χ0n) is 15.1. The SMILES string of the molecule is Cc1cccc(-c2nc3cc(N=C/C=C\c4ccc(Cl)cc4Cl)ccc3o2)c1. The van der Waals surface area contributed by atoms with Crippen LogP contribution in [-0.2, 0) is 0 Å². The van der Waals surface area contributed by atoms with E-state index in [0.717, 1.165) is 33.5 Å². The summed E-state index contributed by atoms with van der Waals surface area (Å²) in [6.07, 6.45) is 5.43. The number of aliphatic imine (C=N–C) groups is 1. The molecule has 5 heteroatoms. The van der Waals surface area contributed by atoms with Crippen molar-refractivity contribution in [3.8, 4) is 11.5 Å². The number of rotatable bonds is 4. The summed E-state index contributed by atoms with van der Waals surface area (Å²) >= 11 is 12.1. The van der Waals surface area contributed by atoms with Gasteiger partial charge < -0.3 is 4.42 Å². The maximum atomic E-state index is 6.15. The number of oxazole rings is 1. The van der Waals surface area contributed by atoms with Crippen LogP contribution in [0.3, 0.4) is 0 Å². The first-order valence-electron chi connectivity index (χ1n) is 8.72. The lowest BCUT2D eigenvalue weighted by molar-refractivity contribution is 0.620. The van der Waals surface area contributed by atoms with Crippen LogP contribution in [0.5, 0.6) is 0 Å². The zero-order chi connectivity index (χ0) is 19.5. The molecule has 3 nitrogen and oxygen atoms in total. The highest BCUT2D eigenvalue weighted by atomic mass is 35.5. The maximum Gasteiger partial charge on any atom is 0.227 e. The molecule has 0 amide bonds. The summed E-state index contributed by atoms with van der Waals surface area (Å²) in [5.74, 6) is 0.608. The molecule has 4 aromatic rings. The molecule has 0 atom stereocenters. The van der Waals surface area contributed by atoms with Crippen molar-refractivity contribution < 1.29 is 4.42 Å². The Morgan fingerprint density at radius 2 is 1.89 bits per heavy atom. The van der Waals surface area contributed by atoms with Crippen LogP contribution in [0.25, 0.3) is 28.6 Å². The summed E-state index contributed by atoms with van der Waals surface area (Å²) in [4.78, 5) is 9.04. The average molecular weight is 407 g/mol. The summed E-state index contributed by atoms with van der Waals surface area (Å²) in [6.45, 7) is 2.05. The van der Waals surface area contributed by atoms with Crippen LogP contribution >= 0.6 is 23.2 Å². The number of nitrogens with zero attached hydrogens (tertiary/aromatic N) is 2. The van der Waals surface area contributed by atoms with Gasteiger partial charge in [-0.3, -0.25) is 4.99 Å². The summed E-state index contributed by atoms with van der Waals surface area (Å²) < 4.78 is 5.87. The van der Waals surface area contributed by atoms with Gasteiger partial charge in [-0.2, -0.15) is 0 Å². The standard InChI is InChI=1S/C23H16Cl2N2O/c1-15-4-2-5-17(12-15)23-27-21-14-19(9-10-22(21)28-23)26-11-3-6-16-7-8-18(24)13-20(16)25/h2-14H,1H3/b6-3-,26-11?. The van der Waals surface area contributed by atoms with Gasteiger partial charge in [0.05, 0.1) is 5.69 Å². The number of benzene rings is 3. The van der Waals surface area contributed by atoms with E-state index < -0.39 is 0 Å². The Kier molecular flexibility index (Phi) is 5.29. The Morgan fingerprint density at radius 1 is 1.00 bits per heavy atom. The van der Waals surface area contributed by atoms with Crippen LogP contribution < -0.4 is 0 Å². The molecule has 0 bridgehead atoms. The minimum atomic E-state index is 0.602. The van der Waals surface area contributed by atoms with Gasteiger partial charge in [0.25, 0.3) is 0 Å². The molecule has 3 aromatic carbocycles. The smallest absolute Gasteiger partial charge is 0.227 e. The summed E-state index contributed by atoms with van der Waals surface area (Å²) in [7, 11) is 0. The van der Waals surface area contributed by atoms with Crippen LogP contribution in [0.15, 0.2) is 76.1 Å². The highest BCUT2D eigenvalue weighted by Gasteiger charge is 2.08. The summed E-state index contributed by atoms with van der Waals surface area (Å²) in [5, 5.41) is 1.21. The van der Waals surface area contributed by atoms with Crippen LogP contribution in [0.2, 0.25) is 10.0 Å². The van der Waals surface area contributed by atoms with Gasteiger partial charge in [0.15, 0.2) is 5.58 Å². The number of aryl methyl sites for hydroxylation is 1. The first kappa shape index (κ1) is 18.5. The van der Waals surface area contributed by atoms with Gasteiger partial charge in [-0.25, -0.2) is 4.98 Å². The van der Waals surface area contributed by atoms with E-state index in [1.165, 1.54) is 0 Å². The van der Waals surface area contributed by atoms with Crippen LogP contribution in [0, 0.1) is 6.92 Å². The zero-order valence-corrected chi connectivity index (χ0v) is 16.6. The predicted molar refractivity (Wildman–Crippen MR) is 118 cm³/mol. The van der Waals surface area contributed by atoms with E-state index in [-0.39, 0.29) is 0 Å². The molecule has 28 heavy (non-hydrogen) atoms. The number of allylic oxidation sites excluding steroid dienone is 1. The number of fused-ring (bicyclic) bond motifs is 1. The molecule has 1 heterocycles. The van der Waals surface area contributed by atoms with E-state index in [1.54, 1.807) is 18.3 Å². The lowest BCUT2D eigenvalue weighted by atomic mass is 10.1. The Bertz CT molecular complexity index is 1210. The second-order valence-electron chi connectivity index (χ2n) is 6.34. The number of hydrogen-bond acceptors (Lipinski definition) is 3. The van der Waals surface area contributed by atoms with Gasteiger partial charge in [-0.05, 0) is 61.0 Å². The molecular formula is C23H16Cl2N2O. The summed E-state index contributed by atoms with van der Waals surface area (Å²) in [6, 6.07) is 19.1. The normalized spacial score (nSPS) is 11.8. The van der Waals surface area contributed by atoms with Crippen molar-refractivity contribution in [1.82, 2.24) is 4.98 Å². The van der Waals surface area contributed by atoms with Gasteiger partial charge >= 0.3 is 0 Å². The van der Waals surface area contributed by atoms with Gasteiger partial charge in [0.1, 0.15) is 5.52 Å². The Labute approximate surface area is 173 Å². The molecule has 0 fully saturated rings. The topological polar surface area (TPSA) is 38.4 Å². The third kappa shape index (κ3) is 4.16. The number of halogens is 2. The molecule has 0 radical (unpaired) electrons. The Morgan fingerprint density at radius 3 is 2.71 bits per heavy atom. The Balaban J connectivity index is 1.54. The second-order valence-corrected chi connectivity index (χ2v) is 7.19. The molecule has 0 spiro atoms. The lowest BCUT2D eigenvalue weighted by Gasteiger charge is -1.97. The molecule has 0 unspecified atom stereocenters.